The highest BCUT2D eigenvalue weighted by Gasteiger charge is 2.11. The molecule has 1 aromatic carbocycles. The van der Waals surface area contributed by atoms with Crippen molar-refractivity contribution in [3.05, 3.63) is 41.7 Å². The molecule has 3 rings (SSSR count). The first kappa shape index (κ1) is 12.9. The smallest absolute Gasteiger partial charge is 0.0986 e. The Hall–Kier alpha value is -2.14. The minimum Gasteiger partial charge on any atom is -0.411 e. The molecule has 3 aromatic rings. The van der Waals surface area contributed by atoms with E-state index in [0.717, 1.165) is 26.7 Å². The summed E-state index contributed by atoms with van der Waals surface area (Å²) >= 11 is 1.65. The summed E-state index contributed by atoms with van der Waals surface area (Å²) in [6.07, 6.45) is 5.14. The lowest BCUT2D eigenvalue weighted by Gasteiger charge is -2.10. The van der Waals surface area contributed by atoms with E-state index in [9.17, 15) is 0 Å². The standard InChI is InChI=1S/C15H13N3OS/c1-9-6-10-4-3-5-16-14(10)15-13(9)12(20-2)7-11(18-15)8-17-19/h3-8,19H,1-2H3. The van der Waals surface area contributed by atoms with E-state index in [1.165, 1.54) is 11.8 Å². The Bertz CT molecular complexity index is 830. The van der Waals surface area contributed by atoms with Crippen molar-refractivity contribution in [3.63, 3.8) is 0 Å². The molecule has 0 atom stereocenters. The van der Waals surface area contributed by atoms with E-state index in [4.69, 9.17) is 5.21 Å². The zero-order chi connectivity index (χ0) is 14.1. The van der Waals surface area contributed by atoms with E-state index in [1.807, 2.05) is 24.5 Å². The van der Waals surface area contributed by atoms with E-state index >= 15 is 0 Å². The van der Waals surface area contributed by atoms with Crippen LogP contribution in [0.3, 0.4) is 0 Å². The van der Waals surface area contributed by atoms with Gasteiger partial charge >= 0.3 is 0 Å². The van der Waals surface area contributed by atoms with Crippen LogP contribution in [-0.2, 0) is 0 Å². The van der Waals surface area contributed by atoms with Gasteiger partial charge in [0, 0.05) is 21.9 Å². The molecule has 4 nitrogen and oxygen atoms in total. The number of rotatable bonds is 2. The second-order valence-corrected chi connectivity index (χ2v) is 5.33. The maximum Gasteiger partial charge on any atom is 0.0986 e. The molecule has 0 saturated heterocycles. The van der Waals surface area contributed by atoms with Gasteiger partial charge in [-0.25, -0.2) is 4.98 Å². The van der Waals surface area contributed by atoms with E-state index in [-0.39, 0.29) is 0 Å². The number of aryl methyl sites for hydroxylation is 1. The first-order valence-electron chi connectivity index (χ1n) is 6.15. The summed E-state index contributed by atoms with van der Waals surface area (Å²) in [7, 11) is 0. The van der Waals surface area contributed by atoms with E-state index in [0.29, 0.717) is 5.69 Å². The van der Waals surface area contributed by atoms with E-state index in [1.54, 1.807) is 18.0 Å². The highest BCUT2D eigenvalue weighted by atomic mass is 32.2. The molecular formula is C15H13N3OS. The molecule has 0 aliphatic carbocycles. The molecule has 0 unspecified atom stereocenters. The number of nitrogens with zero attached hydrogens (tertiary/aromatic N) is 3. The van der Waals surface area contributed by atoms with Crippen LogP contribution in [0.1, 0.15) is 11.3 Å². The highest BCUT2D eigenvalue weighted by Crippen LogP contribution is 2.32. The van der Waals surface area contributed by atoms with Gasteiger partial charge in [0.25, 0.3) is 0 Å². The van der Waals surface area contributed by atoms with Gasteiger partial charge in [-0.05, 0) is 36.9 Å². The van der Waals surface area contributed by atoms with Crippen molar-refractivity contribution in [1.29, 1.82) is 0 Å². The quantitative estimate of drug-likeness (QED) is 0.256. The zero-order valence-corrected chi connectivity index (χ0v) is 12.0. The summed E-state index contributed by atoms with van der Waals surface area (Å²) in [6, 6.07) is 8.00. The Balaban J connectivity index is 2.52. The topological polar surface area (TPSA) is 58.4 Å². The molecule has 5 heteroatoms. The fourth-order valence-corrected chi connectivity index (χ4v) is 3.12. The Labute approximate surface area is 120 Å². The Kier molecular flexibility index (Phi) is 3.28. The van der Waals surface area contributed by atoms with Crippen LogP contribution in [0.5, 0.6) is 0 Å². The lowest BCUT2D eigenvalue weighted by Crippen LogP contribution is -1.95. The van der Waals surface area contributed by atoms with Gasteiger partial charge in [0.05, 0.1) is 22.9 Å². The summed E-state index contributed by atoms with van der Waals surface area (Å²) in [5.74, 6) is 0. The normalized spacial score (nSPS) is 11.7. The summed E-state index contributed by atoms with van der Waals surface area (Å²) in [5, 5.41) is 14.0. The van der Waals surface area contributed by atoms with Crippen molar-refractivity contribution < 1.29 is 5.21 Å². The third-order valence-corrected chi connectivity index (χ3v) is 4.00. The summed E-state index contributed by atoms with van der Waals surface area (Å²) < 4.78 is 0. The lowest BCUT2D eigenvalue weighted by molar-refractivity contribution is 0.321. The molecule has 2 aromatic heterocycles. The van der Waals surface area contributed by atoms with Crippen molar-refractivity contribution in [3.8, 4) is 0 Å². The molecule has 0 bridgehead atoms. The largest absolute Gasteiger partial charge is 0.411 e. The molecule has 100 valence electrons. The number of fused-ring (bicyclic) bond motifs is 3. The van der Waals surface area contributed by atoms with Gasteiger partial charge in [-0.3, -0.25) is 4.98 Å². The van der Waals surface area contributed by atoms with Crippen LogP contribution in [0.25, 0.3) is 21.8 Å². The van der Waals surface area contributed by atoms with E-state index in [2.05, 4.69) is 28.1 Å². The molecule has 0 aliphatic rings. The third kappa shape index (κ3) is 2.00. The second-order valence-electron chi connectivity index (χ2n) is 4.49. The van der Waals surface area contributed by atoms with Gasteiger partial charge in [-0.1, -0.05) is 11.2 Å². The monoisotopic (exact) mass is 283 g/mol. The number of thioether (sulfide) groups is 1. The van der Waals surface area contributed by atoms with Gasteiger partial charge in [-0.15, -0.1) is 11.8 Å². The Morgan fingerprint density at radius 2 is 2.15 bits per heavy atom. The Morgan fingerprint density at radius 1 is 1.30 bits per heavy atom. The van der Waals surface area contributed by atoms with Crippen molar-refractivity contribution >= 4 is 39.8 Å². The summed E-state index contributed by atoms with van der Waals surface area (Å²) in [4.78, 5) is 10.1. The highest BCUT2D eigenvalue weighted by molar-refractivity contribution is 7.98. The predicted octanol–water partition coefficient (Wildman–Crippen LogP) is 3.62. The van der Waals surface area contributed by atoms with E-state index < -0.39 is 0 Å². The molecule has 1 N–H and O–H groups in total. The fraction of sp³-hybridized carbons (Fsp3) is 0.133. The first-order chi connectivity index (χ1) is 9.74. The van der Waals surface area contributed by atoms with Crippen molar-refractivity contribution in [2.45, 2.75) is 11.8 Å². The van der Waals surface area contributed by atoms with Crippen LogP contribution >= 0.6 is 11.8 Å². The van der Waals surface area contributed by atoms with Crippen LogP contribution in [0.4, 0.5) is 0 Å². The summed E-state index contributed by atoms with van der Waals surface area (Å²) in [5.41, 5.74) is 3.52. The SMILES string of the molecule is CSc1cc(C=NO)nc2c1c(C)cc1cccnc12. The van der Waals surface area contributed by atoms with Crippen LogP contribution in [0, 0.1) is 6.92 Å². The van der Waals surface area contributed by atoms with Crippen molar-refractivity contribution in [2.75, 3.05) is 6.26 Å². The van der Waals surface area contributed by atoms with Crippen LogP contribution in [0.2, 0.25) is 0 Å². The zero-order valence-electron chi connectivity index (χ0n) is 11.2. The molecule has 0 spiro atoms. The van der Waals surface area contributed by atoms with Crippen LogP contribution in [0.15, 0.2) is 40.5 Å². The maximum atomic E-state index is 8.73. The number of aromatic nitrogens is 2. The maximum absolute atomic E-state index is 8.73. The van der Waals surface area contributed by atoms with Gasteiger partial charge in [-0.2, -0.15) is 0 Å². The molecular weight excluding hydrogens is 270 g/mol. The Morgan fingerprint density at radius 3 is 2.90 bits per heavy atom. The van der Waals surface area contributed by atoms with Crippen LogP contribution < -0.4 is 0 Å². The number of benzene rings is 1. The van der Waals surface area contributed by atoms with Gasteiger partial charge in [0.2, 0.25) is 0 Å². The van der Waals surface area contributed by atoms with Crippen LogP contribution in [-0.4, -0.2) is 27.6 Å². The number of hydrogen-bond donors (Lipinski definition) is 1. The fourth-order valence-electron chi connectivity index (χ4n) is 2.42. The van der Waals surface area contributed by atoms with Crippen molar-refractivity contribution in [1.82, 2.24) is 9.97 Å². The molecule has 0 amide bonds. The number of hydrogen-bond acceptors (Lipinski definition) is 5. The molecule has 0 aliphatic heterocycles. The number of oxime groups is 1. The average molecular weight is 283 g/mol. The van der Waals surface area contributed by atoms with Gasteiger partial charge in [0.1, 0.15) is 0 Å². The molecule has 0 saturated carbocycles. The van der Waals surface area contributed by atoms with Crippen molar-refractivity contribution in [2.24, 2.45) is 5.16 Å². The first-order valence-corrected chi connectivity index (χ1v) is 7.37. The predicted molar refractivity (Wildman–Crippen MR) is 82.9 cm³/mol. The molecule has 2 heterocycles. The van der Waals surface area contributed by atoms with Gasteiger partial charge < -0.3 is 5.21 Å². The summed E-state index contributed by atoms with van der Waals surface area (Å²) in [6.45, 7) is 2.08. The molecule has 0 radical (unpaired) electrons. The molecule has 0 fully saturated rings. The van der Waals surface area contributed by atoms with Gasteiger partial charge in [0.15, 0.2) is 0 Å². The second kappa shape index (κ2) is 5.09. The molecule has 20 heavy (non-hydrogen) atoms. The number of pyridine rings is 2. The average Bonchev–Trinajstić information content (AvgIpc) is 2.47. The lowest BCUT2D eigenvalue weighted by atomic mass is 10.0. The minimum atomic E-state index is 0.627. The third-order valence-electron chi connectivity index (χ3n) is 3.24. The minimum absolute atomic E-state index is 0.627.